The van der Waals surface area contributed by atoms with Crippen molar-refractivity contribution in [2.24, 2.45) is 0 Å². The van der Waals surface area contributed by atoms with Gasteiger partial charge < -0.3 is 30.0 Å². The summed E-state index contributed by atoms with van der Waals surface area (Å²) in [5.41, 5.74) is 18.5. The van der Waals surface area contributed by atoms with Gasteiger partial charge in [0.2, 0.25) is 0 Å². The van der Waals surface area contributed by atoms with Crippen LogP contribution in [0.1, 0.15) is 55.6 Å². The summed E-state index contributed by atoms with van der Waals surface area (Å²) in [6.07, 6.45) is 0.0390. The molecular formula is C42H38N2O8S2. The molecule has 8 bridgehead atoms. The van der Waals surface area contributed by atoms with Gasteiger partial charge in [-0.15, -0.1) is 0 Å². The lowest BCUT2D eigenvalue weighted by Crippen LogP contribution is -2.14. The molecule has 0 atom stereocenters. The summed E-state index contributed by atoms with van der Waals surface area (Å²) < 4.78 is 66.8. The fourth-order valence-electron chi connectivity index (χ4n) is 6.71. The smallest absolute Gasteiger partial charge is 0.339 e. The monoisotopic (exact) mass is 762 g/mol. The van der Waals surface area contributed by atoms with Crippen molar-refractivity contribution in [2.75, 3.05) is 11.5 Å². The number of aromatic hydroxyl groups is 2. The summed E-state index contributed by atoms with van der Waals surface area (Å²) >= 11 is 0. The molecule has 1 aliphatic carbocycles. The van der Waals surface area contributed by atoms with E-state index in [9.17, 15) is 27.0 Å². The van der Waals surface area contributed by atoms with Gasteiger partial charge >= 0.3 is 20.2 Å². The first-order valence-corrected chi connectivity index (χ1v) is 19.9. The average Bonchev–Trinajstić information content (AvgIpc) is 3.11. The lowest BCUT2D eigenvalue weighted by atomic mass is 9.91. The Balaban J connectivity index is 1.42. The van der Waals surface area contributed by atoms with Crippen molar-refractivity contribution in [2.45, 2.75) is 49.3 Å². The molecular weight excluding hydrogens is 725 g/mol. The van der Waals surface area contributed by atoms with Crippen molar-refractivity contribution in [3.63, 3.8) is 0 Å². The average molecular weight is 763 g/mol. The summed E-state index contributed by atoms with van der Waals surface area (Å²) in [5, 5.41) is 23.5. The number of phenolic OH excluding ortho intramolecular Hbond substituents is 2. The van der Waals surface area contributed by atoms with Crippen molar-refractivity contribution in [3.8, 4) is 23.0 Å². The van der Waals surface area contributed by atoms with E-state index in [0.29, 0.717) is 55.9 Å². The van der Waals surface area contributed by atoms with Crippen LogP contribution in [-0.4, -0.2) is 27.0 Å². The van der Waals surface area contributed by atoms with E-state index in [2.05, 4.69) is 0 Å². The fourth-order valence-corrected chi connectivity index (χ4v) is 8.71. The predicted octanol–water partition coefficient (Wildman–Crippen LogP) is 7.09. The van der Waals surface area contributed by atoms with Crippen LogP contribution in [0.3, 0.4) is 0 Å². The zero-order chi connectivity index (χ0) is 38.4. The molecule has 0 fully saturated rings. The van der Waals surface area contributed by atoms with E-state index in [1.54, 1.807) is 84.9 Å². The van der Waals surface area contributed by atoms with Crippen LogP contribution in [0.15, 0.2) is 119 Å². The van der Waals surface area contributed by atoms with Crippen molar-refractivity contribution < 1.29 is 35.4 Å². The van der Waals surface area contributed by atoms with Crippen LogP contribution in [0.4, 0.5) is 11.4 Å². The van der Waals surface area contributed by atoms with Gasteiger partial charge in [0.25, 0.3) is 0 Å². The summed E-state index contributed by atoms with van der Waals surface area (Å²) in [6.45, 7) is 3.70. The molecule has 54 heavy (non-hydrogen) atoms. The van der Waals surface area contributed by atoms with Crippen LogP contribution in [0, 0.1) is 13.8 Å². The zero-order valence-corrected chi connectivity index (χ0v) is 31.2. The van der Waals surface area contributed by atoms with Gasteiger partial charge in [-0.25, -0.2) is 0 Å². The second-order valence-electron chi connectivity index (χ2n) is 13.6. The molecule has 1 aliphatic rings. The molecule has 0 amide bonds. The molecule has 0 spiro atoms. The van der Waals surface area contributed by atoms with Crippen LogP contribution < -0.4 is 19.8 Å². The van der Waals surface area contributed by atoms with Crippen molar-refractivity contribution in [1.82, 2.24) is 0 Å². The molecule has 276 valence electrons. The first kappa shape index (κ1) is 36.4. The van der Waals surface area contributed by atoms with Gasteiger partial charge in [-0.3, -0.25) is 0 Å². The lowest BCUT2D eigenvalue weighted by Gasteiger charge is -2.21. The first-order chi connectivity index (χ1) is 25.7. The third-order valence-electron chi connectivity index (χ3n) is 9.47. The largest absolute Gasteiger partial charge is 0.507 e. The van der Waals surface area contributed by atoms with Crippen molar-refractivity contribution in [1.29, 1.82) is 0 Å². The fraction of sp³-hybridized carbons (Fsp3) is 0.143. The topological polar surface area (TPSA) is 179 Å². The number of fused-ring (bicyclic) bond motifs is 8. The van der Waals surface area contributed by atoms with Crippen molar-refractivity contribution in [3.05, 3.63) is 165 Å². The Kier molecular flexibility index (Phi) is 9.50. The number of anilines is 2. The predicted molar refractivity (Wildman–Crippen MR) is 207 cm³/mol. The molecule has 6 aromatic rings. The Morgan fingerprint density at radius 3 is 1.02 bits per heavy atom. The Labute approximate surface area is 314 Å². The number of phenols is 2. The molecule has 0 unspecified atom stereocenters. The number of nitrogen functional groups attached to an aromatic ring is 2. The summed E-state index contributed by atoms with van der Waals surface area (Å²) in [5.74, 6) is -0.136. The van der Waals surface area contributed by atoms with Gasteiger partial charge in [-0.05, 0) is 84.6 Å². The van der Waals surface area contributed by atoms with E-state index in [1.165, 1.54) is 24.3 Å². The van der Waals surface area contributed by atoms with Gasteiger partial charge in [0.05, 0.1) is 0 Å². The molecule has 12 heteroatoms. The van der Waals surface area contributed by atoms with Crippen molar-refractivity contribution >= 4 is 31.6 Å². The molecule has 7 rings (SSSR count). The minimum Gasteiger partial charge on any atom is -0.507 e. The van der Waals surface area contributed by atoms with Crippen LogP contribution >= 0.6 is 0 Å². The van der Waals surface area contributed by atoms with E-state index in [4.69, 9.17) is 19.8 Å². The molecule has 10 nitrogen and oxygen atoms in total. The van der Waals surface area contributed by atoms with E-state index in [1.807, 2.05) is 13.8 Å². The van der Waals surface area contributed by atoms with Crippen LogP contribution in [0.5, 0.6) is 23.0 Å². The normalized spacial score (nSPS) is 12.9. The third-order valence-corrected chi connectivity index (χ3v) is 11.9. The molecule has 0 saturated heterocycles. The number of nitrogens with two attached hydrogens (primary N) is 2. The van der Waals surface area contributed by atoms with Gasteiger partial charge in [0, 0.05) is 59.3 Å². The highest BCUT2D eigenvalue weighted by Crippen LogP contribution is 2.41. The van der Waals surface area contributed by atoms with E-state index < -0.39 is 20.2 Å². The highest BCUT2D eigenvalue weighted by atomic mass is 32.2. The lowest BCUT2D eigenvalue weighted by molar-refractivity contribution is 0.460. The molecule has 0 radical (unpaired) electrons. The second kappa shape index (κ2) is 14.1. The molecule has 6 N–H and O–H groups in total. The number of hydrogen-bond donors (Lipinski definition) is 4. The standard InChI is InChI=1S/C42H38N2O8S2/c1-25-9-13-37(14-10-25)53(47,48)51-41-31-17-27-5-3-7-29(39(27)45)19-33-23-36(44)24-34(42(33)52-54(49,50)38-15-11-26(2)12-16-38)20-30-8-4-6-28(40(30)46)18-32(41)22-35(43)21-31/h3-16,21-24,45-46H,17-20,43-44H2,1-2H3. The zero-order valence-electron chi connectivity index (χ0n) is 29.5. The van der Waals surface area contributed by atoms with Crippen LogP contribution in [0.2, 0.25) is 0 Å². The van der Waals surface area contributed by atoms with E-state index >= 15 is 0 Å². The Bertz CT molecular complexity index is 2360. The van der Waals surface area contributed by atoms with E-state index in [-0.39, 0.29) is 58.5 Å². The Hall–Kier alpha value is -5.98. The van der Waals surface area contributed by atoms with Gasteiger partial charge in [0.15, 0.2) is 0 Å². The SMILES string of the molecule is Cc1ccc(S(=O)(=O)Oc2c3cc(N)cc2Cc2cccc(c2O)Cc2cc(N)cc(c2OS(=O)(=O)c2ccc(C)cc2)Cc2cccc(c2O)C3)cc1. The van der Waals surface area contributed by atoms with Crippen LogP contribution in [0.25, 0.3) is 0 Å². The number of para-hydroxylation sites is 2. The van der Waals surface area contributed by atoms with E-state index in [0.717, 1.165) is 11.1 Å². The maximum Gasteiger partial charge on any atom is 0.339 e. The van der Waals surface area contributed by atoms with Gasteiger partial charge in [0.1, 0.15) is 32.8 Å². The van der Waals surface area contributed by atoms with Gasteiger partial charge in [-0.2, -0.15) is 16.8 Å². The second-order valence-corrected chi connectivity index (χ2v) is 16.7. The third kappa shape index (κ3) is 7.43. The molecule has 0 aromatic heterocycles. The Morgan fingerprint density at radius 1 is 0.463 bits per heavy atom. The van der Waals surface area contributed by atoms with Gasteiger partial charge in [-0.1, -0.05) is 71.8 Å². The summed E-state index contributed by atoms with van der Waals surface area (Å²) in [7, 11) is -8.67. The molecule has 0 heterocycles. The molecule has 0 saturated carbocycles. The Morgan fingerprint density at radius 2 is 0.741 bits per heavy atom. The quantitative estimate of drug-likeness (QED) is 0.101. The molecule has 0 aliphatic heterocycles. The maximum absolute atomic E-state index is 13.7. The summed E-state index contributed by atoms with van der Waals surface area (Å²) in [6, 6.07) is 29.2. The minimum absolute atomic E-state index is 0.00975. The first-order valence-electron chi connectivity index (χ1n) is 17.1. The maximum atomic E-state index is 13.7. The highest BCUT2D eigenvalue weighted by molar-refractivity contribution is 7.87. The number of hydrogen-bond acceptors (Lipinski definition) is 10. The minimum atomic E-state index is -4.33. The molecule has 6 aromatic carbocycles. The number of benzene rings is 6. The number of rotatable bonds is 6. The van der Waals surface area contributed by atoms with Crippen LogP contribution in [-0.2, 0) is 45.9 Å². The summed E-state index contributed by atoms with van der Waals surface area (Å²) in [4.78, 5) is -0.0806. The number of aryl methyl sites for hydroxylation is 2. The highest BCUT2D eigenvalue weighted by Gasteiger charge is 2.27.